The number of benzene rings is 1. The highest BCUT2D eigenvalue weighted by molar-refractivity contribution is 6.31. The Morgan fingerprint density at radius 3 is 2.67 bits per heavy atom. The number of rotatable bonds is 2. The molecule has 0 fully saturated rings. The summed E-state index contributed by atoms with van der Waals surface area (Å²) in [5.74, 6) is 0. The third-order valence-corrected chi connectivity index (χ3v) is 2.69. The minimum absolute atomic E-state index is 0.0249. The second kappa shape index (κ2) is 4.15. The molecule has 1 atom stereocenters. The molecule has 0 amide bonds. The molecule has 0 saturated heterocycles. The van der Waals surface area contributed by atoms with E-state index >= 15 is 0 Å². The molecule has 1 unspecified atom stereocenters. The summed E-state index contributed by atoms with van der Waals surface area (Å²) >= 11 is 11.9. The summed E-state index contributed by atoms with van der Waals surface area (Å²) in [6.07, 6.45) is 0.681. The molecule has 0 N–H and O–H groups in total. The minimum atomic E-state index is -0.0249. The van der Waals surface area contributed by atoms with Crippen molar-refractivity contribution in [1.82, 2.24) is 0 Å². The maximum Gasteiger partial charge on any atom is 0.0585 e. The van der Waals surface area contributed by atoms with Crippen molar-refractivity contribution in [3.63, 3.8) is 0 Å². The molecule has 2 heteroatoms. The zero-order chi connectivity index (χ0) is 9.14. The van der Waals surface area contributed by atoms with Gasteiger partial charge in [0.2, 0.25) is 0 Å². The molecule has 0 bridgehead atoms. The van der Waals surface area contributed by atoms with Crippen LogP contribution in [0.4, 0.5) is 0 Å². The lowest BCUT2D eigenvalue weighted by molar-refractivity contribution is 0.953. The van der Waals surface area contributed by atoms with Crippen LogP contribution < -0.4 is 0 Å². The smallest absolute Gasteiger partial charge is 0.0585 e. The van der Waals surface area contributed by atoms with Crippen LogP contribution in [0.5, 0.6) is 0 Å². The summed E-state index contributed by atoms with van der Waals surface area (Å²) < 4.78 is 0. The summed E-state index contributed by atoms with van der Waals surface area (Å²) in [4.78, 5) is 0. The van der Waals surface area contributed by atoms with Gasteiger partial charge in [-0.15, -0.1) is 11.6 Å². The van der Waals surface area contributed by atoms with Gasteiger partial charge in [0.15, 0.2) is 0 Å². The van der Waals surface area contributed by atoms with Gasteiger partial charge in [-0.1, -0.05) is 30.7 Å². The zero-order valence-electron chi connectivity index (χ0n) is 6.98. The van der Waals surface area contributed by atoms with Crippen LogP contribution in [0.2, 0.25) is 5.02 Å². The number of aryl methyl sites for hydroxylation is 1. The predicted molar refractivity (Wildman–Crippen MR) is 54.8 cm³/mol. The predicted octanol–water partition coefficient (Wildman–Crippen LogP) is 4.15. The molecule has 0 nitrogen and oxygen atoms in total. The van der Waals surface area contributed by atoms with Crippen molar-refractivity contribution in [2.45, 2.75) is 18.7 Å². The molecule has 12 heavy (non-hydrogen) atoms. The van der Waals surface area contributed by atoms with Gasteiger partial charge in [-0.05, 0) is 30.5 Å². The van der Waals surface area contributed by atoms with Crippen molar-refractivity contribution in [3.05, 3.63) is 41.3 Å². The highest BCUT2D eigenvalue weighted by atomic mass is 35.5. The van der Waals surface area contributed by atoms with Gasteiger partial charge < -0.3 is 0 Å². The van der Waals surface area contributed by atoms with Gasteiger partial charge in [-0.3, -0.25) is 0 Å². The van der Waals surface area contributed by atoms with Crippen LogP contribution in [-0.2, 0) is 0 Å². The first-order valence-corrected chi connectivity index (χ1v) is 4.66. The normalized spacial score (nSPS) is 13.0. The van der Waals surface area contributed by atoms with E-state index in [1.54, 1.807) is 0 Å². The second-order valence-electron chi connectivity index (χ2n) is 2.76. The van der Waals surface area contributed by atoms with E-state index in [4.69, 9.17) is 23.2 Å². The molecule has 1 rings (SSSR count). The van der Waals surface area contributed by atoms with E-state index in [0.29, 0.717) is 6.42 Å². The van der Waals surface area contributed by atoms with Crippen molar-refractivity contribution in [3.8, 4) is 0 Å². The Morgan fingerprint density at radius 2 is 2.17 bits per heavy atom. The Kier molecular flexibility index (Phi) is 3.42. The number of hydrogen-bond donors (Lipinski definition) is 0. The Balaban J connectivity index is 2.96. The maximum atomic E-state index is 5.99. The third kappa shape index (κ3) is 2.15. The maximum absolute atomic E-state index is 5.99. The van der Waals surface area contributed by atoms with Gasteiger partial charge >= 0.3 is 0 Å². The Labute approximate surface area is 83.5 Å². The van der Waals surface area contributed by atoms with Crippen LogP contribution >= 0.6 is 23.2 Å². The lowest BCUT2D eigenvalue weighted by Crippen LogP contribution is -1.88. The third-order valence-electron chi connectivity index (χ3n) is 1.81. The van der Waals surface area contributed by atoms with Gasteiger partial charge in [0.05, 0.1) is 5.38 Å². The van der Waals surface area contributed by atoms with E-state index in [9.17, 15) is 0 Å². The summed E-state index contributed by atoms with van der Waals surface area (Å²) in [6.45, 7) is 5.71. The topological polar surface area (TPSA) is 0 Å². The Morgan fingerprint density at radius 1 is 1.50 bits per heavy atom. The molecule has 1 aromatic carbocycles. The fraction of sp³-hybridized carbons (Fsp3) is 0.300. The Hall–Kier alpha value is -0.200. The van der Waals surface area contributed by atoms with Gasteiger partial charge in [0.25, 0.3) is 0 Å². The van der Waals surface area contributed by atoms with Crippen molar-refractivity contribution >= 4 is 23.2 Å². The minimum Gasteiger partial charge on any atom is -0.118 e. The summed E-state index contributed by atoms with van der Waals surface area (Å²) in [5, 5.41) is 0.745. The molecule has 0 aromatic heterocycles. The number of alkyl halides is 1. The van der Waals surface area contributed by atoms with Crippen molar-refractivity contribution in [2.24, 2.45) is 0 Å². The van der Waals surface area contributed by atoms with E-state index in [0.717, 1.165) is 16.1 Å². The van der Waals surface area contributed by atoms with E-state index in [-0.39, 0.29) is 5.38 Å². The van der Waals surface area contributed by atoms with Crippen molar-refractivity contribution in [2.75, 3.05) is 0 Å². The molecule has 1 radical (unpaired) electrons. The fourth-order valence-corrected chi connectivity index (χ4v) is 1.30. The molecule has 65 valence electrons. The van der Waals surface area contributed by atoms with Crippen LogP contribution in [0, 0.1) is 13.8 Å². The molecular weight excluding hydrogens is 191 g/mol. The molecule has 0 aliphatic rings. The zero-order valence-corrected chi connectivity index (χ0v) is 8.49. The Bertz CT molecular complexity index is 269. The largest absolute Gasteiger partial charge is 0.118 e. The van der Waals surface area contributed by atoms with E-state index in [2.05, 4.69) is 6.92 Å². The standard InChI is InChI=1S/C10H11Cl2/c1-3-9(11)8-5-4-7(2)10(12)6-8/h4-6,9H,1,3H2,2H3. The molecule has 0 heterocycles. The van der Waals surface area contributed by atoms with Crippen LogP contribution in [-0.4, -0.2) is 0 Å². The lowest BCUT2D eigenvalue weighted by Gasteiger charge is -2.07. The van der Waals surface area contributed by atoms with Gasteiger partial charge in [0.1, 0.15) is 0 Å². The fourth-order valence-electron chi connectivity index (χ4n) is 0.971. The lowest BCUT2D eigenvalue weighted by atomic mass is 10.1. The highest BCUT2D eigenvalue weighted by Gasteiger charge is 2.05. The van der Waals surface area contributed by atoms with Crippen molar-refractivity contribution < 1.29 is 0 Å². The van der Waals surface area contributed by atoms with Gasteiger partial charge in [-0.2, -0.15) is 0 Å². The highest BCUT2D eigenvalue weighted by Crippen LogP contribution is 2.27. The summed E-state index contributed by atoms with van der Waals surface area (Å²) in [6, 6.07) is 5.87. The average molecular weight is 202 g/mol. The van der Waals surface area contributed by atoms with Crippen LogP contribution in [0.15, 0.2) is 18.2 Å². The average Bonchev–Trinajstić information content (AvgIpc) is 2.08. The number of hydrogen-bond acceptors (Lipinski definition) is 0. The van der Waals surface area contributed by atoms with Crippen LogP contribution in [0.25, 0.3) is 0 Å². The first kappa shape index (κ1) is 9.88. The number of halogens is 2. The molecule has 1 aromatic rings. The van der Waals surface area contributed by atoms with Crippen LogP contribution in [0.3, 0.4) is 0 Å². The summed E-state index contributed by atoms with van der Waals surface area (Å²) in [5.41, 5.74) is 2.12. The second-order valence-corrected chi connectivity index (χ2v) is 3.70. The molecule has 0 aliphatic carbocycles. The van der Waals surface area contributed by atoms with E-state index in [1.807, 2.05) is 25.1 Å². The van der Waals surface area contributed by atoms with E-state index in [1.165, 1.54) is 0 Å². The molecule has 0 spiro atoms. The molecule has 0 aliphatic heterocycles. The molecular formula is C10H11Cl2. The van der Waals surface area contributed by atoms with E-state index < -0.39 is 0 Å². The summed E-state index contributed by atoms with van der Waals surface area (Å²) in [7, 11) is 0. The monoisotopic (exact) mass is 201 g/mol. The quantitative estimate of drug-likeness (QED) is 0.632. The van der Waals surface area contributed by atoms with Crippen molar-refractivity contribution in [1.29, 1.82) is 0 Å². The molecule has 0 saturated carbocycles. The first-order chi connectivity index (χ1) is 5.65. The SMILES string of the molecule is [CH2]CC(Cl)c1ccc(C)c(Cl)c1. The first-order valence-electron chi connectivity index (χ1n) is 3.84. The van der Waals surface area contributed by atoms with Gasteiger partial charge in [0, 0.05) is 5.02 Å². The van der Waals surface area contributed by atoms with Gasteiger partial charge in [-0.25, -0.2) is 0 Å². The van der Waals surface area contributed by atoms with Crippen LogP contribution in [0.1, 0.15) is 22.9 Å².